The molecule has 2 aromatic rings. The highest BCUT2D eigenvalue weighted by Crippen LogP contribution is 2.67. The number of fused-ring (bicyclic) bond motifs is 4. The molecule has 1 saturated carbocycles. The molecule has 1 aliphatic carbocycles. The number of nitrogens with zero attached hydrogens (tertiary/aromatic N) is 2. The van der Waals surface area contributed by atoms with Crippen LogP contribution in [0.3, 0.4) is 0 Å². The number of alkyl halides is 3. The summed E-state index contributed by atoms with van der Waals surface area (Å²) in [6, 6.07) is 5.51. The number of pyridine rings is 1. The van der Waals surface area contributed by atoms with Gasteiger partial charge in [0.1, 0.15) is 17.0 Å². The molecular formula is C21H18ClF3N2O3. The second-order valence-corrected chi connectivity index (χ2v) is 8.91. The quantitative estimate of drug-likeness (QED) is 0.717. The van der Waals surface area contributed by atoms with E-state index in [1.54, 1.807) is 24.0 Å². The number of ether oxygens (including phenoxy) is 1. The number of benzene rings is 1. The summed E-state index contributed by atoms with van der Waals surface area (Å²) in [7, 11) is 0. The highest BCUT2D eigenvalue weighted by molar-refractivity contribution is 6.31. The van der Waals surface area contributed by atoms with Crippen LogP contribution in [0.5, 0.6) is 5.75 Å². The third kappa shape index (κ3) is 2.49. The molecule has 30 heavy (non-hydrogen) atoms. The van der Waals surface area contributed by atoms with Gasteiger partial charge in [0, 0.05) is 37.2 Å². The second kappa shape index (κ2) is 5.81. The Morgan fingerprint density at radius 3 is 2.63 bits per heavy atom. The van der Waals surface area contributed by atoms with Crippen molar-refractivity contribution in [3.8, 4) is 5.75 Å². The molecular weight excluding hydrogens is 421 g/mol. The molecule has 0 N–H and O–H groups in total. The van der Waals surface area contributed by atoms with Crippen molar-refractivity contribution in [3.63, 3.8) is 0 Å². The average molecular weight is 439 g/mol. The molecule has 0 spiro atoms. The van der Waals surface area contributed by atoms with Crippen LogP contribution >= 0.6 is 11.6 Å². The minimum Gasteiger partial charge on any atom is -0.486 e. The lowest BCUT2D eigenvalue weighted by Crippen LogP contribution is -2.48. The fourth-order valence-corrected chi connectivity index (χ4v) is 5.15. The Labute approximate surface area is 175 Å². The summed E-state index contributed by atoms with van der Waals surface area (Å²) in [5.41, 5.74) is -1.23. The largest absolute Gasteiger partial charge is 0.486 e. The number of carbonyl (C=O) groups excluding carboxylic acids is 1. The molecule has 3 aliphatic rings. The van der Waals surface area contributed by atoms with Crippen LogP contribution in [-0.4, -0.2) is 34.1 Å². The number of carbonyl (C=O) groups is 1. The van der Waals surface area contributed by atoms with Crippen molar-refractivity contribution in [2.45, 2.75) is 44.0 Å². The standard InChI is InChI=1S/C21H18ClF3N2O3/c1-11-3-4-15-18(29)26(5-6-27(15)17(11)28)10-20-9-19(20,2)30-16-8-14(22)12(7-13(16)20)21(23,24)25/h3-4,7-8H,5-6,9-10H2,1-2H3/t19-,20+/m0/s1. The third-order valence-corrected chi connectivity index (χ3v) is 6.99. The highest BCUT2D eigenvalue weighted by Gasteiger charge is 2.73. The van der Waals surface area contributed by atoms with Crippen LogP contribution in [0.25, 0.3) is 0 Å². The summed E-state index contributed by atoms with van der Waals surface area (Å²) in [6.07, 6.45) is -4.07. The van der Waals surface area contributed by atoms with Gasteiger partial charge in [0.05, 0.1) is 16.0 Å². The van der Waals surface area contributed by atoms with E-state index in [1.165, 1.54) is 10.6 Å². The fraction of sp³-hybridized carbons (Fsp3) is 0.429. The van der Waals surface area contributed by atoms with Crippen LogP contribution in [0.1, 0.15) is 40.5 Å². The molecule has 1 aromatic carbocycles. The Bertz CT molecular complexity index is 1180. The number of halogens is 4. The SMILES string of the molecule is Cc1ccc2n(c1=O)CCN(C[C@@]13C[C@]1(C)Oc1cc(Cl)c(C(F)(F)F)cc13)C2=O. The summed E-state index contributed by atoms with van der Waals surface area (Å²) in [4.78, 5) is 27.0. The molecule has 0 saturated heterocycles. The predicted octanol–water partition coefficient (Wildman–Crippen LogP) is 3.78. The number of amides is 1. The van der Waals surface area contributed by atoms with E-state index < -0.39 is 27.8 Å². The van der Waals surface area contributed by atoms with Crippen LogP contribution in [0.15, 0.2) is 29.1 Å². The molecule has 0 bridgehead atoms. The normalized spacial score (nSPS) is 26.7. The van der Waals surface area contributed by atoms with Gasteiger partial charge < -0.3 is 14.2 Å². The first-order valence-corrected chi connectivity index (χ1v) is 9.95. The van der Waals surface area contributed by atoms with Gasteiger partial charge in [-0.15, -0.1) is 0 Å². The molecule has 158 valence electrons. The molecule has 0 unspecified atom stereocenters. The van der Waals surface area contributed by atoms with E-state index in [0.29, 0.717) is 42.1 Å². The molecule has 9 heteroatoms. The lowest BCUT2D eigenvalue weighted by molar-refractivity contribution is -0.137. The van der Waals surface area contributed by atoms with Crippen molar-refractivity contribution >= 4 is 17.5 Å². The average Bonchev–Trinajstić information content (AvgIpc) is 3.15. The van der Waals surface area contributed by atoms with Gasteiger partial charge >= 0.3 is 6.18 Å². The van der Waals surface area contributed by atoms with E-state index in [0.717, 1.165) is 6.07 Å². The minimum absolute atomic E-state index is 0.200. The van der Waals surface area contributed by atoms with Gasteiger partial charge in [-0.1, -0.05) is 17.7 Å². The summed E-state index contributed by atoms with van der Waals surface area (Å²) in [5, 5.41) is -0.404. The van der Waals surface area contributed by atoms with Crippen molar-refractivity contribution in [2.24, 2.45) is 0 Å². The van der Waals surface area contributed by atoms with Gasteiger partial charge in [-0.25, -0.2) is 0 Å². The molecule has 3 heterocycles. The van der Waals surface area contributed by atoms with E-state index in [-0.39, 0.29) is 18.0 Å². The zero-order chi connectivity index (χ0) is 21.6. The van der Waals surface area contributed by atoms with Crippen LogP contribution in [-0.2, 0) is 18.1 Å². The zero-order valence-electron chi connectivity index (χ0n) is 16.3. The second-order valence-electron chi connectivity index (χ2n) is 8.50. The van der Waals surface area contributed by atoms with Gasteiger partial charge in [-0.3, -0.25) is 9.59 Å². The summed E-state index contributed by atoms with van der Waals surface area (Å²) in [6.45, 7) is 4.40. The fourth-order valence-electron chi connectivity index (χ4n) is 4.88. The Balaban J connectivity index is 1.52. The number of rotatable bonds is 2. The molecule has 5 rings (SSSR count). The van der Waals surface area contributed by atoms with Crippen molar-refractivity contribution in [1.82, 2.24) is 9.47 Å². The summed E-state index contributed by atoms with van der Waals surface area (Å²) in [5.74, 6) is 0.0267. The van der Waals surface area contributed by atoms with Gasteiger partial charge in [0.15, 0.2) is 0 Å². The summed E-state index contributed by atoms with van der Waals surface area (Å²) >= 11 is 5.85. The first-order chi connectivity index (χ1) is 14.0. The van der Waals surface area contributed by atoms with Crippen LogP contribution < -0.4 is 10.3 Å². The minimum atomic E-state index is -4.58. The monoisotopic (exact) mass is 438 g/mol. The van der Waals surface area contributed by atoms with Crippen molar-refractivity contribution in [3.05, 3.63) is 62.0 Å². The van der Waals surface area contributed by atoms with Crippen molar-refractivity contribution in [1.29, 1.82) is 0 Å². The van der Waals surface area contributed by atoms with Crippen molar-refractivity contribution in [2.75, 3.05) is 13.1 Å². The van der Waals surface area contributed by atoms with Crippen LogP contribution in [0, 0.1) is 6.92 Å². The lowest BCUT2D eigenvalue weighted by Gasteiger charge is -2.32. The summed E-state index contributed by atoms with van der Waals surface area (Å²) < 4.78 is 47.7. The lowest BCUT2D eigenvalue weighted by atomic mass is 9.91. The molecule has 1 fully saturated rings. The highest BCUT2D eigenvalue weighted by atomic mass is 35.5. The number of hydrogen-bond acceptors (Lipinski definition) is 3. The van der Waals surface area contributed by atoms with E-state index in [4.69, 9.17) is 16.3 Å². The van der Waals surface area contributed by atoms with Gasteiger partial charge in [-0.05, 0) is 32.0 Å². The van der Waals surface area contributed by atoms with E-state index >= 15 is 0 Å². The number of hydrogen-bond donors (Lipinski definition) is 0. The van der Waals surface area contributed by atoms with Crippen LogP contribution in [0.2, 0.25) is 5.02 Å². The first-order valence-electron chi connectivity index (χ1n) is 9.57. The first kappa shape index (κ1) is 19.5. The maximum absolute atomic E-state index is 13.4. The molecule has 2 atom stereocenters. The zero-order valence-corrected chi connectivity index (χ0v) is 17.0. The molecule has 0 radical (unpaired) electrons. The molecule has 1 aromatic heterocycles. The van der Waals surface area contributed by atoms with Crippen LogP contribution in [0.4, 0.5) is 13.2 Å². The Morgan fingerprint density at radius 1 is 1.20 bits per heavy atom. The Hall–Kier alpha value is -2.48. The smallest absolute Gasteiger partial charge is 0.417 e. The molecule has 2 aliphatic heterocycles. The maximum Gasteiger partial charge on any atom is 0.417 e. The van der Waals surface area contributed by atoms with Gasteiger partial charge in [0.25, 0.3) is 11.5 Å². The maximum atomic E-state index is 13.4. The topological polar surface area (TPSA) is 51.5 Å². The van der Waals surface area contributed by atoms with Crippen molar-refractivity contribution < 1.29 is 22.7 Å². The number of aromatic nitrogens is 1. The molecule has 5 nitrogen and oxygen atoms in total. The molecule has 1 amide bonds. The predicted molar refractivity (Wildman–Crippen MR) is 103 cm³/mol. The Kier molecular flexibility index (Phi) is 3.77. The van der Waals surface area contributed by atoms with E-state index in [2.05, 4.69) is 0 Å². The van der Waals surface area contributed by atoms with E-state index in [9.17, 15) is 22.8 Å². The van der Waals surface area contributed by atoms with Gasteiger partial charge in [0.2, 0.25) is 0 Å². The van der Waals surface area contributed by atoms with E-state index in [1.807, 2.05) is 6.92 Å². The third-order valence-electron chi connectivity index (χ3n) is 6.68. The van der Waals surface area contributed by atoms with Gasteiger partial charge in [-0.2, -0.15) is 13.2 Å². The number of aryl methyl sites for hydroxylation is 1. The Morgan fingerprint density at radius 2 is 1.93 bits per heavy atom.